The third-order valence-corrected chi connectivity index (χ3v) is 2.75. The van der Waals surface area contributed by atoms with Crippen LogP contribution >= 0.6 is 0 Å². The summed E-state index contributed by atoms with van der Waals surface area (Å²) in [5, 5.41) is 10.2. The van der Waals surface area contributed by atoms with E-state index >= 15 is 0 Å². The van der Waals surface area contributed by atoms with Gasteiger partial charge in [0, 0.05) is 23.7 Å². The molecule has 2 heteroatoms. The van der Waals surface area contributed by atoms with Gasteiger partial charge in [-0.1, -0.05) is 19.4 Å². The van der Waals surface area contributed by atoms with Gasteiger partial charge in [0.2, 0.25) is 0 Å². The van der Waals surface area contributed by atoms with Crippen molar-refractivity contribution in [3.8, 4) is 0 Å². The van der Waals surface area contributed by atoms with Crippen LogP contribution in [0.2, 0.25) is 0 Å². The zero-order valence-corrected chi connectivity index (χ0v) is 9.09. The normalized spacial score (nSPS) is 11.1. The number of aliphatic hydroxyl groups is 1. The fraction of sp³-hybridized carbons (Fsp3) is 0.385. The Bertz CT molecular complexity index is 445. The minimum absolute atomic E-state index is 0.213. The fourth-order valence-corrected chi connectivity index (χ4v) is 2.00. The molecular formula is C13H17NO. The van der Waals surface area contributed by atoms with E-state index in [2.05, 4.69) is 30.1 Å². The van der Waals surface area contributed by atoms with Gasteiger partial charge in [0.15, 0.2) is 0 Å². The highest BCUT2D eigenvalue weighted by Gasteiger charge is 2.03. The Kier molecular flexibility index (Phi) is 3.07. The number of nitrogens with one attached hydrogen (secondary N) is 1. The standard InChI is InChI=1S/C13H17NO/c1-2-3-10-4-5-13-12(8-10)11(6-7-15)9-14-13/h4-5,8-9,14-15H,2-3,6-7H2,1H3. The van der Waals surface area contributed by atoms with Crippen molar-refractivity contribution in [1.82, 2.24) is 4.98 Å². The first-order chi connectivity index (χ1) is 7.35. The Morgan fingerprint density at radius 3 is 2.87 bits per heavy atom. The van der Waals surface area contributed by atoms with Crippen LogP contribution < -0.4 is 0 Å². The van der Waals surface area contributed by atoms with Crippen molar-refractivity contribution in [2.24, 2.45) is 0 Å². The van der Waals surface area contributed by atoms with Crippen LogP contribution in [-0.2, 0) is 12.8 Å². The second kappa shape index (κ2) is 4.49. The molecule has 0 atom stereocenters. The van der Waals surface area contributed by atoms with Gasteiger partial charge in [-0.3, -0.25) is 0 Å². The van der Waals surface area contributed by atoms with Gasteiger partial charge in [0.25, 0.3) is 0 Å². The molecule has 80 valence electrons. The monoisotopic (exact) mass is 203 g/mol. The Morgan fingerprint density at radius 1 is 1.27 bits per heavy atom. The summed E-state index contributed by atoms with van der Waals surface area (Å²) in [5.74, 6) is 0. The van der Waals surface area contributed by atoms with E-state index in [9.17, 15) is 0 Å². The largest absolute Gasteiger partial charge is 0.396 e. The molecule has 0 saturated carbocycles. The highest BCUT2D eigenvalue weighted by atomic mass is 16.2. The van der Waals surface area contributed by atoms with Crippen molar-refractivity contribution >= 4 is 10.9 Å². The van der Waals surface area contributed by atoms with Crippen molar-refractivity contribution in [2.45, 2.75) is 26.2 Å². The van der Waals surface area contributed by atoms with Gasteiger partial charge in [0.1, 0.15) is 0 Å². The maximum Gasteiger partial charge on any atom is 0.0472 e. The van der Waals surface area contributed by atoms with Crippen molar-refractivity contribution < 1.29 is 5.11 Å². The van der Waals surface area contributed by atoms with E-state index in [1.165, 1.54) is 28.5 Å². The zero-order chi connectivity index (χ0) is 10.7. The number of aliphatic hydroxyl groups excluding tert-OH is 1. The maximum absolute atomic E-state index is 8.96. The molecule has 0 bridgehead atoms. The fourth-order valence-electron chi connectivity index (χ4n) is 2.00. The molecule has 0 radical (unpaired) electrons. The minimum Gasteiger partial charge on any atom is -0.396 e. The van der Waals surface area contributed by atoms with E-state index in [1.807, 2.05) is 6.20 Å². The van der Waals surface area contributed by atoms with Gasteiger partial charge in [-0.25, -0.2) is 0 Å². The van der Waals surface area contributed by atoms with E-state index in [1.54, 1.807) is 0 Å². The molecule has 2 rings (SSSR count). The predicted molar refractivity (Wildman–Crippen MR) is 63.1 cm³/mol. The highest BCUT2D eigenvalue weighted by molar-refractivity contribution is 5.83. The third-order valence-electron chi connectivity index (χ3n) is 2.75. The van der Waals surface area contributed by atoms with Crippen molar-refractivity contribution in [3.05, 3.63) is 35.5 Å². The third kappa shape index (κ3) is 2.05. The van der Waals surface area contributed by atoms with E-state index in [-0.39, 0.29) is 6.61 Å². The second-order valence-corrected chi connectivity index (χ2v) is 3.92. The number of benzene rings is 1. The van der Waals surface area contributed by atoms with Crippen LogP contribution in [0.1, 0.15) is 24.5 Å². The summed E-state index contributed by atoms with van der Waals surface area (Å²) in [6.45, 7) is 2.40. The van der Waals surface area contributed by atoms with Crippen LogP contribution in [-0.4, -0.2) is 16.7 Å². The maximum atomic E-state index is 8.96. The van der Waals surface area contributed by atoms with Gasteiger partial charge in [-0.05, 0) is 36.1 Å². The van der Waals surface area contributed by atoms with Crippen LogP contribution in [0.15, 0.2) is 24.4 Å². The van der Waals surface area contributed by atoms with Crippen molar-refractivity contribution in [2.75, 3.05) is 6.61 Å². The quantitative estimate of drug-likeness (QED) is 0.787. The molecule has 0 fully saturated rings. The van der Waals surface area contributed by atoms with Crippen molar-refractivity contribution in [3.63, 3.8) is 0 Å². The summed E-state index contributed by atoms with van der Waals surface area (Å²) < 4.78 is 0. The van der Waals surface area contributed by atoms with Gasteiger partial charge in [-0.15, -0.1) is 0 Å². The number of aromatic amines is 1. The number of aromatic nitrogens is 1. The molecule has 0 saturated heterocycles. The molecule has 0 spiro atoms. The van der Waals surface area contributed by atoms with Crippen LogP contribution in [0.3, 0.4) is 0 Å². The molecule has 0 aliphatic heterocycles. The molecule has 2 N–H and O–H groups in total. The van der Waals surface area contributed by atoms with Gasteiger partial charge in [-0.2, -0.15) is 0 Å². The van der Waals surface area contributed by atoms with Crippen LogP contribution in [0.4, 0.5) is 0 Å². The summed E-state index contributed by atoms with van der Waals surface area (Å²) in [6.07, 6.45) is 5.02. The molecule has 2 nitrogen and oxygen atoms in total. The van der Waals surface area contributed by atoms with Crippen LogP contribution in [0, 0.1) is 0 Å². The number of aryl methyl sites for hydroxylation is 1. The van der Waals surface area contributed by atoms with E-state index in [4.69, 9.17) is 5.11 Å². The van der Waals surface area contributed by atoms with Crippen molar-refractivity contribution in [1.29, 1.82) is 0 Å². The molecule has 0 aliphatic rings. The molecule has 2 aromatic rings. The number of rotatable bonds is 4. The van der Waals surface area contributed by atoms with E-state index in [0.717, 1.165) is 12.8 Å². The Hall–Kier alpha value is -1.28. The van der Waals surface area contributed by atoms with Crippen LogP contribution in [0.25, 0.3) is 10.9 Å². The Labute approximate surface area is 89.9 Å². The van der Waals surface area contributed by atoms with E-state index in [0.29, 0.717) is 0 Å². The second-order valence-electron chi connectivity index (χ2n) is 3.92. The first-order valence-electron chi connectivity index (χ1n) is 5.55. The summed E-state index contributed by atoms with van der Waals surface area (Å²) in [6, 6.07) is 6.53. The topological polar surface area (TPSA) is 36.0 Å². The number of hydrogen-bond donors (Lipinski definition) is 2. The SMILES string of the molecule is CCCc1ccc2[nH]cc(CCO)c2c1. The van der Waals surface area contributed by atoms with Gasteiger partial charge >= 0.3 is 0 Å². The lowest BCUT2D eigenvalue weighted by Crippen LogP contribution is -1.89. The van der Waals surface area contributed by atoms with Crippen LogP contribution in [0.5, 0.6) is 0 Å². The molecule has 1 heterocycles. The molecule has 0 aliphatic carbocycles. The smallest absolute Gasteiger partial charge is 0.0472 e. The molecule has 1 aromatic heterocycles. The average molecular weight is 203 g/mol. The van der Waals surface area contributed by atoms with Gasteiger partial charge in [0.05, 0.1) is 0 Å². The lowest BCUT2D eigenvalue weighted by molar-refractivity contribution is 0.300. The van der Waals surface area contributed by atoms with Gasteiger partial charge < -0.3 is 10.1 Å². The Balaban J connectivity index is 2.42. The summed E-state index contributed by atoms with van der Waals surface area (Å²) >= 11 is 0. The number of hydrogen-bond acceptors (Lipinski definition) is 1. The molecule has 0 amide bonds. The number of H-pyrrole nitrogens is 1. The first kappa shape index (κ1) is 10.2. The molecule has 15 heavy (non-hydrogen) atoms. The molecule has 0 unspecified atom stereocenters. The predicted octanol–water partition coefficient (Wildman–Crippen LogP) is 2.66. The minimum atomic E-state index is 0.213. The zero-order valence-electron chi connectivity index (χ0n) is 9.09. The average Bonchev–Trinajstić information content (AvgIpc) is 2.63. The van der Waals surface area contributed by atoms with E-state index < -0.39 is 0 Å². The Morgan fingerprint density at radius 2 is 2.13 bits per heavy atom. The summed E-state index contributed by atoms with van der Waals surface area (Å²) in [4.78, 5) is 3.23. The lowest BCUT2D eigenvalue weighted by Gasteiger charge is -2.00. The molecular weight excluding hydrogens is 186 g/mol. The lowest BCUT2D eigenvalue weighted by atomic mass is 10.0. The summed E-state index contributed by atoms with van der Waals surface area (Å²) in [7, 11) is 0. The first-order valence-corrected chi connectivity index (χ1v) is 5.55. The number of fused-ring (bicyclic) bond motifs is 1. The molecule has 1 aromatic carbocycles. The summed E-state index contributed by atoms with van der Waals surface area (Å²) in [5.41, 5.74) is 3.76. The highest BCUT2D eigenvalue weighted by Crippen LogP contribution is 2.20.